The van der Waals surface area contributed by atoms with Crippen LogP contribution in [0.25, 0.3) is 10.4 Å². The van der Waals surface area contributed by atoms with Crippen molar-refractivity contribution < 1.29 is 27.2 Å². The molecule has 0 aliphatic heterocycles. The molecule has 1 heterocycles. The number of benzene rings is 2. The summed E-state index contributed by atoms with van der Waals surface area (Å²) in [7, 11) is 0. The summed E-state index contributed by atoms with van der Waals surface area (Å²) in [6.07, 6.45) is 1.82. The Balaban J connectivity index is 0.000000296. The Bertz CT molecular complexity index is 1180. The van der Waals surface area contributed by atoms with Gasteiger partial charge in [0, 0.05) is 16.0 Å². The first-order valence-electron chi connectivity index (χ1n) is 9.21. The van der Waals surface area contributed by atoms with Crippen molar-refractivity contribution in [3.63, 3.8) is 0 Å². The molecule has 184 valence electrons. The third-order valence-corrected chi connectivity index (χ3v) is 3.93. The monoisotopic (exact) mass is 512 g/mol. The predicted octanol–water partition coefficient (Wildman–Crippen LogP) is 4.17. The highest BCUT2D eigenvalue weighted by Gasteiger charge is 2.10. The molecule has 0 atom stereocenters. The maximum absolute atomic E-state index is 13.3. The molecule has 15 heteroatoms. The van der Waals surface area contributed by atoms with Gasteiger partial charge < -0.3 is 11.1 Å². The first-order valence-corrected chi connectivity index (χ1v) is 9.59. The van der Waals surface area contributed by atoms with Crippen molar-refractivity contribution in [3.05, 3.63) is 99.0 Å². The summed E-state index contributed by atoms with van der Waals surface area (Å²) in [5.74, 6) is -3.13. The Hall–Kier alpha value is -4.42. The number of carbonyl (C=O) groups excluding carboxylic acids is 2. The predicted molar refractivity (Wildman–Crippen MR) is 119 cm³/mol. The van der Waals surface area contributed by atoms with E-state index in [1.807, 2.05) is 0 Å². The summed E-state index contributed by atoms with van der Waals surface area (Å²) < 4.78 is 53.4. The smallest absolute Gasteiger partial charge is 0.259 e. The molecule has 0 saturated carbocycles. The van der Waals surface area contributed by atoms with Crippen LogP contribution in [0, 0.1) is 23.3 Å². The van der Waals surface area contributed by atoms with E-state index < -0.39 is 29.2 Å². The molecule has 3 N–H and O–H groups in total. The van der Waals surface area contributed by atoms with Gasteiger partial charge in [-0.15, -0.1) is 5.10 Å². The Morgan fingerprint density at radius 2 is 1.63 bits per heavy atom. The number of primary amides is 1. The summed E-state index contributed by atoms with van der Waals surface area (Å²) in [6.45, 7) is 2.66. The first kappa shape index (κ1) is 28.6. The highest BCUT2D eigenvalue weighted by molar-refractivity contribution is 6.41. The van der Waals surface area contributed by atoms with Gasteiger partial charge in [0.1, 0.15) is 23.3 Å². The van der Waals surface area contributed by atoms with Crippen molar-refractivity contribution in [2.24, 2.45) is 10.8 Å². The molecule has 0 bridgehead atoms. The minimum Gasteiger partial charge on any atom is -0.365 e. The molecular formula is C20H17ClF4N8O2. The maximum Gasteiger partial charge on any atom is 0.259 e. The largest absolute Gasteiger partial charge is 0.365 e. The second-order valence-corrected chi connectivity index (χ2v) is 6.58. The van der Waals surface area contributed by atoms with Crippen LogP contribution < -0.4 is 11.1 Å². The summed E-state index contributed by atoms with van der Waals surface area (Å²) in [5, 5.41) is 12.4. The van der Waals surface area contributed by atoms with Crippen molar-refractivity contribution in [2.75, 3.05) is 5.32 Å². The number of nitrogens with two attached hydrogens (primary N) is 1. The highest BCUT2D eigenvalue weighted by atomic mass is 35.5. The quantitative estimate of drug-likeness (QED) is 0.122. The fraction of sp³-hybridized carbons (Fsp3) is 0.100. The lowest BCUT2D eigenvalue weighted by Gasteiger charge is -2.03. The number of anilines is 1. The number of rotatable bonds is 7. The standard InChI is InChI=1S/C10H8F2N4O.C7H5F2N3.C3H4ClNO/c11-8-2-1-3-9(12)7(8)4-16-5-10(13-6-17)14-15-16;8-6-2-1-3-7(9)5(6)4-11-12-10;1-2(4)3(5)6/h1-3,5-6H,4H2,(H,13,17);1-3H,4H2;1H2,(H2,5,6). The summed E-state index contributed by atoms with van der Waals surface area (Å²) in [6, 6.07) is 7.11. The second-order valence-electron chi connectivity index (χ2n) is 6.12. The lowest BCUT2D eigenvalue weighted by molar-refractivity contribution is -0.114. The first-order chi connectivity index (χ1) is 16.6. The van der Waals surface area contributed by atoms with Crippen LogP contribution in [0.15, 0.2) is 59.3 Å². The van der Waals surface area contributed by atoms with Gasteiger partial charge in [-0.3, -0.25) is 9.59 Å². The number of halogens is 5. The fourth-order valence-corrected chi connectivity index (χ4v) is 2.13. The van der Waals surface area contributed by atoms with Crippen molar-refractivity contribution >= 4 is 29.7 Å². The third-order valence-electron chi connectivity index (χ3n) is 3.75. The van der Waals surface area contributed by atoms with Gasteiger partial charge in [0.05, 0.1) is 24.3 Å². The van der Waals surface area contributed by atoms with Crippen LogP contribution in [0.4, 0.5) is 23.4 Å². The lowest BCUT2D eigenvalue weighted by Crippen LogP contribution is -2.08. The minimum atomic E-state index is -0.692. The zero-order chi connectivity index (χ0) is 26.4. The van der Waals surface area contributed by atoms with Crippen LogP contribution >= 0.6 is 11.6 Å². The van der Waals surface area contributed by atoms with E-state index in [4.69, 9.17) is 17.1 Å². The second kappa shape index (κ2) is 14.7. The Morgan fingerprint density at radius 1 is 1.14 bits per heavy atom. The molecule has 0 saturated heterocycles. The molecule has 0 unspecified atom stereocenters. The molecule has 0 spiro atoms. The van der Waals surface area contributed by atoms with Gasteiger partial charge in [0.25, 0.3) is 5.91 Å². The van der Waals surface area contributed by atoms with Crippen LogP contribution in [0.5, 0.6) is 0 Å². The zero-order valence-electron chi connectivity index (χ0n) is 17.7. The van der Waals surface area contributed by atoms with E-state index in [1.165, 1.54) is 35.1 Å². The molecular weight excluding hydrogens is 496 g/mol. The van der Waals surface area contributed by atoms with E-state index in [0.717, 1.165) is 12.1 Å². The topological polar surface area (TPSA) is 152 Å². The van der Waals surface area contributed by atoms with Crippen LogP contribution in [0.1, 0.15) is 11.1 Å². The fourth-order valence-electron chi connectivity index (χ4n) is 2.13. The molecule has 0 fully saturated rings. The lowest BCUT2D eigenvalue weighted by atomic mass is 10.2. The number of hydrogen-bond acceptors (Lipinski definition) is 5. The van der Waals surface area contributed by atoms with Crippen LogP contribution in [0.3, 0.4) is 0 Å². The molecule has 3 rings (SSSR count). The van der Waals surface area contributed by atoms with Crippen LogP contribution in [0.2, 0.25) is 0 Å². The number of aromatic nitrogens is 3. The van der Waals surface area contributed by atoms with Crippen LogP contribution in [-0.2, 0) is 22.7 Å². The number of carbonyl (C=O) groups is 2. The summed E-state index contributed by atoms with van der Waals surface area (Å²) in [5.41, 5.74) is 12.2. The third kappa shape index (κ3) is 9.94. The molecule has 0 radical (unpaired) electrons. The molecule has 10 nitrogen and oxygen atoms in total. The van der Waals surface area contributed by atoms with Gasteiger partial charge in [-0.1, -0.05) is 40.6 Å². The Morgan fingerprint density at radius 3 is 2.06 bits per heavy atom. The highest BCUT2D eigenvalue weighted by Crippen LogP contribution is 2.14. The molecule has 0 aliphatic rings. The van der Waals surface area contributed by atoms with Crippen molar-refractivity contribution in [1.82, 2.24) is 15.0 Å². The Labute approximate surface area is 200 Å². The van der Waals surface area contributed by atoms with E-state index >= 15 is 0 Å². The van der Waals surface area contributed by atoms with Gasteiger partial charge in [0.15, 0.2) is 5.82 Å². The number of amides is 2. The van der Waals surface area contributed by atoms with E-state index in [0.29, 0.717) is 6.41 Å². The maximum atomic E-state index is 13.3. The van der Waals surface area contributed by atoms with Gasteiger partial charge in [0.2, 0.25) is 6.41 Å². The molecule has 2 aromatic carbocycles. The van der Waals surface area contributed by atoms with E-state index in [2.05, 4.69) is 38.0 Å². The van der Waals surface area contributed by atoms with Crippen molar-refractivity contribution in [3.8, 4) is 0 Å². The summed E-state index contributed by atoms with van der Waals surface area (Å²) >= 11 is 4.94. The molecule has 2 amide bonds. The van der Waals surface area contributed by atoms with Gasteiger partial charge in [-0.25, -0.2) is 22.2 Å². The molecule has 1 aromatic heterocycles. The number of azide groups is 1. The molecule has 35 heavy (non-hydrogen) atoms. The molecule has 3 aromatic rings. The van der Waals surface area contributed by atoms with E-state index in [-0.39, 0.29) is 35.1 Å². The van der Waals surface area contributed by atoms with Gasteiger partial charge in [-0.2, -0.15) is 0 Å². The average Bonchev–Trinajstić information content (AvgIpc) is 3.24. The Kier molecular flexibility index (Phi) is 12.0. The van der Waals surface area contributed by atoms with E-state index in [1.54, 1.807) is 0 Å². The van der Waals surface area contributed by atoms with Crippen molar-refractivity contribution in [2.45, 2.75) is 13.1 Å². The van der Waals surface area contributed by atoms with Gasteiger partial charge in [-0.05, 0) is 29.8 Å². The van der Waals surface area contributed by atoms with Crippen molar-refractivity contribution in [1.29, 1.82) is 0 Å². The minimum absolute atomic E-state index is 0.0912. The SMILES string of the molecule is C=C(Cl)C(N)=O.O=CNc1cn(Cc2c(F)cccc2F)nn1.[N-]=[N+]=NCc1c(F)cccc1F. The normalized spacial score (nSPS) is 9.40. The van der Waals surface area contributed by atoms with Crippen LogP contribution in [-0.4, -0.2) is 27.3 Å². The van der Waals surface area contributed by atoms with Gasteiger partial charge >= 0.3 is 0 Å². The number of nitrogens with zero attached hydrogens (tertiary/aromatic N) is 6. The average molecular weight is 513 g/mol. The van der Waals surface area contributed by atoms with E-state index in [9.17, 15) is 27.2 Å². The number of nitrogens with one attached hydrogen (secondary N) is 1. The summed E-state index contributed by atoms with van der Waals surface area (Å²) in [4.78, 5) is 22.2. The zero-order valence-corrected chi connectivity index (χ0v) is 18.5. The number of hydrogen-bond donors (Lipinski definition) is 2. The molecule has 0 aliphatic carbocycles.